The van der Waals surface area contributed by atoms with Crippen molar-refractivity contribution < 1.29 is 19.7 Å². The molecule has 2 heterocycles. The molecule has 0 aliphatic rings. The first kappa shape index (κ1) is 22.3. The molecule has 10 heteroatoms. The Hall–Kier alpha value is -3.37. The van der Waals surface area contributed by atoms with E-state index >= 15 is 0 Å². The van der Waals surface area contributed by atoms with Crippen LogP contribution >= 0.6 is 0 Å². The fourth-order valence-corrected chi connectivity index (χ4v) is 3.23. The third-order valence-corrected chi connectivity index (χ3v) is 4.90. The van der Waals surface area contributed by atoms with E-state index in [0.29, 0.717) is 35.6 Å². The zero-order valence-electron chi connectivity index (χ0n) is 17.9. The molecular weight excluding hydrogens is 402 g/mol. The van der Waals surface area contributed by atoms with Crippen LogP contribution in [-0.4, -0.2) is 57.0 Å². The minimum atomic E-state index is -0.473. The van der Waals surface area contributed by atoms with Crippen LogP contribution in [0.25, 0.3) is 17.1 Å². The average molecular weight is 429 g/mol. The van der Waals surface area contributed by atoms with Crippen molar-refractivity contribution in [1.29, 1.82) is 0 Å². The van der Waals surface area contributed by atoms with E-state index in [9.17, 15) is 15.0 Å². The predicted molar refractivity (Wildman–Crippen MR) is 116 cm³/mol. The standard InChI is InChI=1S/C21H27N5O5/c1-12(2)14-9-15(17(28)10-16(14)27)20-24-25-21(29)26(20)13-5-6-18(23-11-13)22-8-7-19(30-3)31-4/h5-6,9-12,19,27-28H,7-8H2,1-4H3,(H,22,23)(H,25,29). The highest BCUT2D eigenvalue weighted by Crippen LogP contribution is 2.37. The summed E-state index contributed by atoms with van der Waals surface area (Å²) in [4.78, 5) is 16.8. The highest BCUT2D eigenvalue weighted by molar-refractivity contribution is 5.69. The molecule has 0 bridgehead atoms. The largest absolute Gasteiger partial charge is 0.508 e. The van der Waals surface area contributed by atoms with Crippen molar-refractivity contribution in [1.82, 2.24) is 19.7 Å². The van der Waals surface area contributed by atoms with Crippen LogP contribution in [0.5, 0.6) is 11.5 Å². The Bertz CT molecular complexity index is 1070. The summed E-state index contributed by atoms with van der Waals surface area (Å²) in [5.41, 5.74) is 0.966. The van der Waals surface area contributed by atoms with Gasteiger partial charge in [-0.2, -0.15) is 5.10 Å². The molecule has 1 aromatic carbocycles. The van der Waals surface area contributed by atoms with Gasteiger partial charge in [-0.3, -0.25) is 0 Å². The molecule has 0 saturated heterocycles. The average Bonchev–Trinajstić information content (AvgIpc) is 3.12. The van der Waals surface area contributed by atoms with Crippen molar-refractivity contribution in [3.8, 4) is 28.6 Å². The van der Waals surface area contributed by atoms with Gasteiger partial charge in [-0.1, -0.05) is 13.8 Å². The number of H-pyrrole nitrogens is 1. The number of nitrogens with one attached hydrogen (secondary N) is 2. The molecule has 3 aromatic rings. The van der Waals surface area contributed by atoms with Crippen molar-refractivity contribution in [3.05, 3.63) is 46.5 Å². The van der Waals surface area contributed by atoms with Crippen molar-refractivity contribution in [2.24, 2.45) is 0 Å². The summed E-state index contributed by atoms with van der Waals surface area (Å²) in [7, 11) is 3.16. The number of aromatic hydroxyl groups is 2. The van der Waals surface area contributed by atoms with Crippen LogP contribution in [0.15, 0.2) is 35.3 Å². The number of ether oxygens (including phenoxy) is 2. The Labute approximate surface area is 179 Å². The second kappa shape index (κ2) is 9.63. The Balaban J connectivity index is 1.88. The lowest BCUT2D eigenvalue weighted by atomic mass is 9.98. The van der Waals surface area contributed by atoms with Gasteiger partial charge in [0.25, 0.3) is 0 Å². The summed E-state index contributed by atoms with van der Waals surface area (Å²) in [6.45, 7) is 4.43. The number of rotatable bonds is 9. The van der Waals surface area contributed by atoms with Crippen LogP contribution in [-0.2, 0) is 9.47 Å². The molecular formula is C21H27N5O5. The maximum Gasteiger partial charge on any atom is 0.348 e. The maximum absolute atomic E-state index is 12.5. The van der Waals surface area contributed by atoms with E-state index in [1.165, 1.54) is 16.8 Å². The molecule has 0 aliphatic carbocycles. The van der Waals surface area contributed by atoms with Gasteiger partial charge in [0.1, 0.15) is 17.3 Å². The highest BCUT2D eigenvalue weighted by atomic mass is 16.7. The minimum absolute atomic E-state index is 0.0121. The summed E-state index contributed by atoms with van der Waals surface area (Å²) in [6, 6.07) is 6.35. The number of nitrogens with zero attached hydrogens (tertiary/aromatic N) is 3. The van der Waals surface area contributed by atoms with E-state index in [2.05, 4.69) is 20.5 Å². The zero-order chi connectivity index (χ0) is 22.5. The zero-order valence-corrected chi connectivity index (χ0v) is 17.9. The van der Waals surface area contributed by atoms with Crippen LogP contribution in [0.1, 0.15) is 31.7 Å². The summed E-state index contributed by atoms with van der Waals surface area (Å²) in [5, 5.41) is 30.1. The smallest absolute Gasteiger partial charge is 0.348 e. The summed E-state index contributed by atoms with van der Waals surface area (Å²) >= 11 is 0. The van der Waals surface area contributed by atoms with Crippen LogP contribution in [0, 0.1) is 0 Å². The van der Waals surface area contributed by atoms with Crippen LogP contribution < -0.4 is 11.0 Å². The number of phenols is 2. The van der Waals surface area contributed by atoms with Gasteiger partial charge >= 0.3 is 5.69 Å². The fraction of sp³-hybridized carbons (Fsp3) is 0.381. The molecule has 31 heavy (non-hydrogen) atoms. The Morgan fingerprint density at radius 2 is 1.90 bits per heavy atom. The van der Waals surface area contributed by atoms with E-state index in [0.717, 1.165) is 0 Å². The van der Waals surface area contributed by atoms with Crippen molar-refractivity contribution in [2.75, 3.05) is 26.1 Å². The van der Waals surface area contributed by atoms with Gasteiger partial charge in [0.05, 0.1) is 17.4 Å². The molecule has 3 rings (SSSR count). The normalized spacial score (nSPS) is 11.4. The molecule has 166 valence electrons. The maximum atomic E-state index is 12.5. The Kier molecular flexibility index (Phi) is 6.93. The number of pyridine rings is 1. The number of aromatic nitrogens is 4. The lowest BCUT2D eigenvalue weighted by Crippen LogP contribution is -2.18. The minimum Gasteiger partial charge on any atom is -0.508 e. The number of hydrogen-bond acceptors (Lipinski definition) is 8. The molecule has 0 atom stereocenters. The van der Waals surface area contributed by atoms with Gasteiger partial charge in [-0.15, -0.1) is 0 Å². The highest BCUT2D eigenvalue weighted by Gasteiger charge is 2.19. The second-order valence-electron chi connectivity index (χ2n) is 7.29. The molecule has 10 nitrogen and oxygen atoms in total. The molecule has 2 aromatic heterocycles. The Morgan fingerprint density at radius 1 is 1.16 bits per heavy atom. The number of methoxy groups -OCH3 is 2. The quantitative estimate of drug-likeness (QED) is 0.381. The molecule has 0 aliphatic heterocycles. The second-order valence-corrected chi connectivity index (χ2v) is 7.29. The molecule has 4 N–H and O–H groups in total. The van der Waals surface area contributed by atoms with Gasteiger partial charge in [0.15, 0.2) is 12.1 Å². The molecule has 0 unspecified atom stereocenters. The first-order valence-electron chi connectivity index (χ1n) is 9.85. The monoisotopic (exact) mass is 429 g/mol. The predicted octanol–water partition coefficient (Wildman–Crippen LogP) is 2.58. The number of anilines is 1. The molecule has 0 radical (unpaired) electrons. The van der Waals surface area contributed by atoms with Gasteiger partial charge < -0.3 is 25.0 Å². The van der Waals surface area contributed by atoms with E-state index in [1.54, 1.807) is 32.4 Å². The third kappa shape index (κ3) is 4.86. The molecule has 0 spiro atoms. The van der Waals surface area contributed by atoms with Crippen LogP contribution in [0.2, 0.25) is 0 Å². The summed E-state index contributed by atoms with van der Waals surface area (Å²) in [5.74, 6) is 0.666. The van der Waals surface area contributed by atoms with E-state index in [1.807, 2.05) is 13.8 Å². The first-order valence-corrected chi connectivity index (χ1v) is 9.85. The van der Waals surface area contributed by atoms with Gasteiger partial charge in [-0.25, -0.2) is 19.4 Å². The lowest BCUT2D eigenvalue weighted by Gasteiger charge is -2.14. The molecule has 0 fully saturated rings. The molecule has 0 amide bonds. The fourth-order valence-electron chi connectivity index (χ4n) is 3.23. The van der Waals surface area contributed by atoms with Crippen molar-refractivity contribution in [2.45, 2.75) is 32.5 Å². The Morgan fingerprint density at radius 3 is 2.52 bits per heavy atom. The number of hydrogen-bond donors (Lipinski definition) is 4. The first-order chi connectivity index (χ1) is 14.8. The van der Waals surface area contributed by atoms with E-state index in [-0.39, 0.29) is 29.5 Å². The lowest BCUT2D eigenvalue weighted by molar-refractivity contribution is -0.103. The van der Waals surface area contributed by atoms with Crippen molar-refractivity contribution in [3.63, 3.8) is 0 Å². The van der Waals surface area contributed by atoms with E-state index < -0.39 is 5.69 Å². The van der Waals surface area contributed by atoms with Gasteiger partial charge in [0, 0.05) is 33.3 Å². The summed E-state index contributed by atoms with van der Waals surface area (Å²) in [6.07, 6.45) is 1.88. The number of benzene rings is 1. The van der Waals surface area contributed by atoms with Crippen LogP contribution in [0.4, 0.5) is 5.82 Å². The molecule has 0 saturated carbocycles. The van der Waals surface area contributed by atoms with Gasteiger partial charge in [-0.05, 0) is 29.7 Å². The SMILES string of the molecule is COC(CCNc1ccc(-n2c(-c3cc(C(C)C)c(O)cc3O)n[nH]c2=O)cn1)OC. The van der Waals surface area contributed by atoms with Crippen molar-refractivity contribution >= 4 is 5.82 Å². The van der Waals surface area contributed by atoms with E-state index in [4.69, 9.17) is 9.47 Å². The number of phenolic OH excluding ortho intramolecular Hbond substituents is 2. The topological polar surface area (TPSA) is 135 Å². The van der Waals surface area contributed by atoms with Crippen LogP contribution in [0.3, 0.4) is 0 Å². The summed E-state index contributed by atoms with van der Waals surface area (Å²) < 4.78 is 11.6. The van der Waals surface area contributed by atoms with Gasteiger partial charge in [0.2, 0.25) is 0 Å². The number of aromatic amines is 1. The third-order valence-electron chi connectivity index (χ3n) is 4.90.